The SMILES string of the molecule is CNC(=O)Cc1ccccc1NC(=O)CC(N)C(C)(C)C. The van der Waals surface area contributed by atoms with E-state index in [0.717, 1.165) is 5.56 Å². The molecule has 0 aromatic heterocycles. The van der Waals surface area contributed by atoms with Gasteiger partial charge in [-0.3, -0.25) is 9.59 Å². The van der Waals surface area contributed by atoms with E-state index in [2.05, 4.69) is 10.6 Å². The second-order valence-corrected chi connectivity index (χ2v) is 6.23. The number of amides is 2. The summed E-state index contributed by atoms with van der Waals surface area (Å²) in [6.07, 6.45) is 0.482. The summed E-state index contributed by atoms with van der Waals surface area (Å²) in [4.78, 5) is 23.6. The van der Waals surface area contributed by atoms with E-state index in [0.29, 0.717) is 5.69 Å². The van der Waals surface area contributed by atoms with Crippen LogP contribution in [-0.4, -0.2) is 24.9 Å². The number of hydrogen-bond donors (Lipinski definition) is 3. The molecule has 0 aliphatic heterocycles. The summed E-state index contributed by atoms with van der Waals surface area (Å²) >= 11 is 0. The number of para-hydroxylation sites is 1. The van der Waals surface area contributed by atoms with Crippen molar-refractivity contribution in [1.29, 1.82) is 0 Å². The number of hydrogen-bond acceptors (Lipinski definition) is 3. The standard InChI is InChI=1S/C16H25N3O2/c1-16(2,3)13(17)10-15(21)19-12-8-6-5-7-11(12)9-14(20)18-4/h5-8,13H,9-10,17H2,1-4H3,(H,18,20)(H,19,21). The fourth-order valence-corrected chi connectivity index (χ4v) is 1.76. The topological polar surface area (TPSA) is 84.2 Å². The second kappa shape index (κ2) is 7.22. The molecule has 2 amide bonds. The van der Waals surface area contributed by atoms with Crippen LogP contribution in [0.15, 0.2) is 24.3 Å². The van der Waals surface area contributed by atoms with Gasteiger partial charge < -0.3 is 16.4 Å². The number of carbonyl (C=O) groups is 2. The lowest BCUT2D eigenvalue weighted by atomic mass is 9.85. The Labute approximate surface area is 126 Å². The maximum atomic E-state index is 12.1. The van der Waals surface area contributed by atoms with Crippen molar-refractivity contribution in [3.05, 3.63) is 29.8 Å². The molecule has 0 heterocycles. The molecule has 1 aromatic rings. The van der Waals surface area contributed by atoms with Crippen LogP contribution in [0.1, 0.15) is 32.8 Å². The molecule has 0 spiro atoms. The van der Waals surface area contributed by atoms with Crippen molar-refractivity contribution in [3.63, 3.8) is 0 Å². The van der Waals surface area contributed by atoms with Crippen molar-refractivity contribution in [3.8, 4) is 0 Å². The smallest absolute Gasteiger partial charge is 0.225 e. The summed E-state index contributed by atoms with van der Waals surface area (Å²) in [6, 6.07) is 7.07. The van der Waals surface area contributed by atoms with Gasteiger partial charge in [0.15, 0.2) is 0 Å². The first-order valence-corrected chi connectivity index (χ1v) is 7.08. The van der Waals surface area contributed by atoms with E-state index in [1.807, 2.05) is 39.0 Å². The van der Waals surface area contributed by atoms with Gasteiger partial charge in [-0.1, -0.05) is 39.0 Å². The first-order chi connectivity index (χ1) is 9.74. The van der Waals surface area contributed by atoms with Crippen LogP contribution in [-0.2, 0) is 16.0 Å². The molecule has 1 atom stereocenters. The molecular weight excluding hydrogens is 266 g/mol. The molecule has 1 rings (SSSR count). The molecule has 0 bridgehead atoms. The zero-order chi connectivity index (χ0) is 16.0. The van der Waals surface area contributed by atoms with Gasteiger partial charge >= 0.3 is 0 Å². The molecule has 0 saturated heterocycles. The van der Waals surface area contributed by atoms with Crippen LogP contribution in [0.25, 0.3) is 0 Å². The van der Waals surface area contributed by atoms with Crippen molar-refractivity contribution in [2.45, 2.75) is 39.7 Å². The molecule has 0 aliphatic carbocycles. The number of nitrogens with two attached hydrogens (primary N) is 1. The average molecular weight is 291 g/mol. The fraction of sp³-hybridized carbons (Fsp3) is 0.500. The molecule has 21 heavy (non-hydrogen) atoms. The van der Waals surface area contributed by atoms with Gasteiger partial charge in [-0.25, -0.2) is 0 Å². The minimum atomic E-state index is -0.219. The third-order valence-electron chi connectivity index (χ3n) is 3.44. The van der Waals surface area contributed by atoms with E-state index in [9.17, 15) is 9.59 Å². The van der Waals surface area contributed by atoms with E-state index in [1.54, 1.807) is 13.1 Å². The van der Waals surface area contributed by atoms with E-state index in [1.165, 1.54) is 0 Å². The Kier molecular flexibility index (Phi) is 5.90. The van der Waals surface area contributed by atoms with E-state index >= 15 is 0 Å². The fourth-order valence-electron chi connectivity index (χ4n) is 1.76. The number of anilines is 1. The summed E-state index contributed by atoms with van der Waals surface area (Å²) in [7, 11) is 1.59. The monoisotopic (exact) mass is 291 g/mol. The molecule has 0 radical (unpaired) electrons. The Morgan fingerprint density at radius 2 is 1.81 bits per heavy atom. The molecule has 116 valence electrons. The zero-order valence-corrected chi connectivity index (χ0v) is 13.2. The molecule has 5 heteroatoms. The third kappa shape index (κ3) is 5.55. The third-order valence-corrected chi connectivity index (χ3v) is 3.44. The minimum absolute atomic E-state index is 0.0944. The normalized spacial score (nSPS) is 12.6. The van der Waals surface area contributed by atoms with Crippen LogP contribution in [0.4, 0.5) is 5.69 Å². The van der Waals surface area contributed by atoms with Crippen LogP contribution in [0.5, 0.6) is 0 Å². The lowest BCUT2D eigenvalue weighted by Crippen LogP contribution is -2.38. The summed E-state index contributed by atoms with van der Waals surface area (Å²) in [5.74, 6) is -0.232. The molecule has 1 aromatic carbocycles. The van der Waals surface area contributed by atoms with Gasteiger partial charge in [0, 0.05) is 25.2 Å². The van der Waals surface area contributed by atoms with Gasteiger partial charge in [0.05, 0.1) is 6.42 Å². The van der Waals surface area contributed by atoms with Gasteiger partial charge in [0.2, 0.25) is 11.8 Å². The molecule has 1 unspecified atom stereocenters. The van der Waals surface area contributed by atoms with E-state index < -0.39 is 0 Å². The first kappa shape index (κ1) is 17.2. The predicted octanol–water partition coefficient (Wildman–Crippen LogP) is 1.68. The highest BCUT2D eigenvalue weighted by molar-refractivity contribution is 5.93. The molecule has 0 aliphatic rings. The summed E-state index contributed by atoms with van der Waals surface area (Å²) < 4.78 is 0. The van der Waals surface area contributed by atoms with Crippen molar-refractivity contribution >= 4 is 17.5 Å². The van der Waals surface area contributed by atoms with Crippen LogP contribution < -0.4 is 16.4 Å². The van der Waals surface area contributed by atoms with Crippen LogP contribution in [0.2, 0.25) is 0 Å². The van der Waals surface area contributed by atoms with Gasteiger partial charge in [-0.15, -0.1) is 0 Å². The highest BCUT2D eigenvalue weighted by atomic mass is 16.2. The predicted molar refractivity (Wildman–Crippen MR) is 84.9 cm³/mol. The van der Waals surface area contributed by atoms with Crippen molar-refractivity contribution in [1.82, 2.24) is 5.32 Å². The van der Waals surface area contributed by atoms with Gasteiger partial charge in [-0.2, -0.15) is 0 Å². The zero-order valence-electron chi connectivity index (χ0n) is 13.2. The Hall–Kier alpha value is -1.88. The van der Waals surface area contributed by atoms with Crippen LogP contribution >= 0.6 is 0 Å². The van der Waals surface area contributed by atoms with Crippen molar-refractivity contribution in [2.75, 3.05) is 12.4 Å². The second-order valence-electron chi connectivity index (χ2n) is 6.23. The van der Waals surface area contributed by atoms with E-state index in [4.69, 9.17) is 5.73 Å². The average Bonchev–Trinajstić information content (AvgIpc) is 2.39. The number of likely N-dealkylation sites (N-methyl/N-ethyl adjacent to an activating group) is 1. The Morgan fingerprint density at radius 3 is 2.38 bits per heavy atom. The van der Waals surface area contributed by atoms with Crippen molar-refractivity contribution < 1.29 is 9.59 Å². The Bertz CT molecular complexity index is 506. The van der Waals surface area contributed by atoms with E-state index in [-0.39, 0.29) is 36.1 Å². The number of benzene rings is 1. The number of carbonyl (C=O) groups excluding carboxylic acids is 2. The highest BCUT2D eigenvalue weighted by Gasteiger charge is 2.23. The molecular formula is C16H25N3O2. The summed E-state index contributed by atoms with van der Waals surface area (Å²) in [5, 5.41) is 5.42. The molecule has 4 N–H and O–H groups in total. The number of nitrogens with one attached hydrogen (secondary N) is 2. The highest BCUT2D eigenvalue weighted by Crippen LogP contribution is 2.21. The quantitative estimate of drug-likeness (QED) is 0.771. The van der Waals surface area contributed by atoms with Crippen molar-refractivity contribution in [2.24, 2.45) is 11.1 Å². The summed E-state index contributed by atoms with van der Waals surface area (Å²) in [5.41, 5.74) is 7.34. The van der Waals surface area contributed by atoms with Crippen LogP contribution in [0.3, 0.4) is 0 Å². The molecule has 5 nitrogen and oxygen atoms in total. The van der Waals surface area contributed by atoms with Gasteiger partial charge in [0.1, 0.15) is 0 Å². The maximum Gasteiger partial charge on any atom is 0.225 e. The molecule has 0 fully saturated rings. The Morgan fingerprint density at radius 1 is 1.19 bits per heavy atom. The Balaban J connectivity index is 2.74. The summed E-state index contributed by atoms with van der Waals surface area (Å²) in [6.45, 7) is 6.01. The van der Waals surface area contributed by atoms with Gasteiger partial charge in [0.25, 0.3) is 0 Å². The lowest BCUT2D eigenvalue weighted by molar-refractivity contribution is -0.120. The van der Waals surface area contributed by atoms with Crippen LogP contribution in [0, 0.1) is 5.41 Å². The first-order valence-electron chi connectivity index (χ1n) is 7.08. The largest absolute Gasteiger partial charge is 0.359 e. The lowest BCUT2D eigenvalue weighted by Gasteiger charge is -2.26. The number of rotatable bonds is 5. The van der Waals surface area contributed by atoms with Gasteiger partial charge in [-0.05, 0) is 17.0 Å². The minimum Gasteiger partial charge on any atom is -0.359 e. The maximum absolute atomic E-state index is 12.1. The molecule has 0 saturated carbocycles.